The molecule has 0 aliphatic rings. The first-order chi connectivity index (χ1) is 8.47. The van der Waals surface area contributed by atoms with Crippen LogP contribution in [0.15, 0.2) is 28.9 Å². The number of nitrogen functional groups attached to an aromatic ring is 1. The van der Waals surface area contributed by atoms with Crippen molar-refractivity contribution in [2.24, 2.45) is 0 Å². The van der Waals surface area contributed by atoms with Crippen LogP contribution in [0.5, 0.6) is 0 Å². The van der Waals surface area contributed by atoms with Gasteiger partial charge in [-0.15, -0.1) is 0 Å². The summed E-state index contributed by atoms with van der Waals surface area (Å²) in [6.07, 6.45) is 1.77. The number of nitrogens with two attached hydrogens (primary N) is 1. The summed E-state index contributed by atoms with van der Waals surface area (Å²) in [5.74, 6) is 0.626. The Balaban J connectivity index is 2.37. The number of nitrogens with one attached hydrogen (secondary N) is 1. The van der Waals surface area contributed by atoms with Crippen molar-refractivity contribution >= 4 is 44.7 Å². The summed E-state index contributed by atoms with van der Waals surface area (Å²) in [5, 5.41) is 3.87. The molecule has 0 aliphatic carbocycles. The van der Waals surface area contributed by atoms with Gasteiger partial charge >= 0.3 is 0 Å². The van der Waals surface area contributed by atoms with Crippen molar-refractivity contribution in [3.63, 3.8) is 0 Å². The highest BCUT2D eigenvalue weighted by Crippen LogP contribution is 2.32. The minimum atomic E-state index is 0.610. The topological polar surface area (TPSA) is 50.9 Å². The van der Waals surface area contributed by atoms with Crippen molar-refractivity contribution in [2.75, 3.05) is 11.1 Å². The fraction of sp³-hybridized carbons (Fsp3) is 0.154. The van der Waals surface area contributed by atoms with Gasteiger partial charge in [-0.3, -0.25) is 0 Å². The lowest BCUT2D eigenvalue weighted by molar-refractivity contribution is 1.26. The average molecular weight is 327 g/mol. The van der Waals surface area contributed by atoms with Crippen molar-refractivity contribution in [2.45, 2.75) is 13.8 Å². The zero-order valence-corrected chi connectivity index (χ0v) is 12.4. The second kappa shape index (κ2) is 5.16. The molecule has 0 saturated heterocycles. The second-order valence-electron chi connectivity index (χ2n) is 4.16. The molecule has 5 heteroatoms. The molecular formula is C13H13BrClN3. The third kappa shape index (κ3) is 2.76. The lowest BCUT2D eigenvalue weighted by atomic mass is 10.2. The van der Waals surface area contributed by atoms with Gasteiger partial charge in [0.2, 0.25) is 0 Å². The van der Waals surface area contributed by atoms with E-state index in [0.29, 0.717) is 16.5 Å². The first-order valence-corrected chi connectivity index (χ1v) is 6.59. The van der Waals surface area contributed by atoms with Crippen molar-refractivity contribution in [1.29, 1.82) is 0 Å². The third-order valence-corrected chi connectivity index (χ3v) is 3.62. The van der Waals surface area contributed by atoms with Crippen molar-refractivity contribution in [3.8, 4) is 0 Å². The summed E-state index contributed by atoms with van der Waals surface area (Å²) in [4.78, 5) is 4.27. The van der Waals surface area contributed by atoms with E-state index in [1.807, 2.05) is 32.0 Å². The van der Waals surface area contributed by atoms with Gasteiger partial charge in [0, 0.05) is 15.7 Å². The van der Waals surface area contributed by atoms with Crippen LogP contribution in [0.2, 0.25) is 5.02 Å². The number of rotatable bonds is 2. The molecule has 0 aliphatic heterocycles. The number of anilines is 3. The number of aryl methyl sites for hydroxylation is 2. The van der Waals surface area contributed by atoms with Gasteiger partial charge < -0.3 is 11.1 Å². The molecule has 0 atom stereocenters. The molecule has 0 bridgehead atoms. The number of hydrogen-bond acceptors (Lipinski definition) is 3. The van der Waals surface area contributed by atoms with Crippen LogP contribution >= 0.6 is 27.5 Å². The number of hydrogen-bond donors (Lipinski definition) is 2. The number of aromatic nitrogens is 1. The molecule has 1 aromatic carbocycles. The molecule has 3 N–H and O–H groups in total. The van der Waals surface area contributed by atoms with Gasteiger partial charge in [-0.1, -0.05) is 11.6 Å². The Labute approximate surface area is 119 Å². The molecule has 0 spiro atoms. The molecule has 0 radical (unpaired) electrons. The van der Waals surface area contributed by atoms with E-state index in [0.717, 1.165) is 21.3 Å². The average Bonchev–Trinajstić information content (AvgIpc) is 2.29. The number of nitrogens with zero attached hydrogens (tertiary/aromatic N) is 1. The minimum Gasteiger partial charge on any atom is -0.396 e. The van der Waals surface area contributed by atoms with Crippen LogP contribution in [0.1, 0.15) is 11.1 Å². The fourth-order valence-electron chi connectivity index (χ4n) is 1.57. The standard InChI is InChI=1S/C13H13BrClN3/c1-7-3-11(16)13(17-6-7)18-12-5-10(15)8(2)4-9(12)14/h3-6H,16H2,1-2H3,(H,17,18). The first kappa shape index (κ1) is 13.2. The van der Waals surface area contributed by atoms with E-state index < -0.39 is 0 Å². The van der Waals surface area contributed by atoms with Gasteiger partial charge in [-0.05, 0) is 59.1 Å². The Bertz CT molecular complexity index is 599. The predicted molar refractivity (Wildman–Crippen MR) is 80.6 cm³/mol. The lowest BCUT2D eigenvalue weighted by Crippen LogP contribution is -2.00. The molecule has 0 saturated carbocycles. The minimum absolute atomic E-state index is 0.610. The second-order valence-corrected chi connectivity index (χ2v) is 5.42. The van der Waals surface area contributed by atoms with E-state index in [1.165, 1.54) is 0 Å². The van der Waals surface area contributed by atoms with E-state index in [1.54, 1.807) is 6.20 Å². The molecule has 0 amide bonds. The van der Waals surface area contributed by atoms with Gasteiger partial charge in [0.1, 0.15) is 0 Å². The molecular weight excluding hydrogens is 314 g/mol. The highest BCUT2D eigenvalue weighted by atomic mass is 79.9. The Morgan fingerprint density at radius 1 is 1.28 bits per heavy atom. The summed E-state index contributed by atoms with van der Waals surface area (Å²) in [5.41, 5.74) is 9.40. The molecule has 3 nitrogen and oxygen atoms in total. The fourth-order valence-corrected chi connectivity index (χ4v) is 2.29. The number of benzene rings is 1. The number of halogens is 2. The summed E-state index contributed by atoms with van der Waals surface area (Å²) in [6.45, 7) is 3.90. The summed E-state index contributed by atoms with van der Waals surface area (Å²) < 4.78 is 0.922. The largest absolute Gasteiger partial charge is 0.396 e. The molecule has 0 fully saturated rings. The van der Waals surface area contributed by atoms with Crippen LogP contribution in [0.25, 0.3) is 0 Å². The van der Waals surface area contributed by atoms with Crippen LogP contribution in [0, 0.1) is 13.8 Å². The normalized spacial score (nSPS) is 10.4. The van der Waals surface area contributed by atoms with Crippen molar-refractivity contribution in [3.05, 3.63) is 45.0 Å². The van der Waals surface area contributed by atoms with Gasteiger partial charge in [0.15, 0.2) is 5.82 Å². The lowest BCUT2D eigenvalue weighted by Gasteiger charge is -2.12. The smallest absolute Gasteiger partial charge is 0.153 e. The molecule has 2 rings (SSSR count). The summed E-state index contributed by atoms with van der Waals surface area (Å²) in [6, 6.07) is 5.68. The van der Waals surface area contributed by atoms with Crippen LogP contribution < -0.4 is 11.1 Å². The van der Waals surface area contributed by atoms with Gasteiger partial charge in [-0.25, -0.2) is 4.98 Å². The van der Waals surface area contributed by atoms with Crippen LogP contribution in [-0.4, -0.2) is 4.98 Å². The Morgan fingerprint density at radius 3 is 2.67 bits per heavy atom. The Hall–Kier alpha value is -1.26. The third-order valence-electron chi connectivity index (χ3n) is 2.56. The first-order valence-electron chi connectivity index (χ1n) is 5.42. The molecule has 2 aromatic rings. The van der Waals surface area contributed by atoms with E-state index in [4.69, 9.17) is 17.3 Å². The maximum absolute atomic E-state index is 6.10. The monoisotopic (exact) mass is 325 g/mol. The summed E-state index contributed by atoms with van der Waals surface area (Å²) >= 11 is 9.59. The van der Waals surface area contributed by atoms with E-state index >= 15 is 0 Å². The van der Waals surface area contributed by atoms with Crippen molar-refractivity contribution in [1.82, 2.24) is 4.98 Å². The molecule has 18 heavy (non-hydrogen) atoms. The molecule has 1 aromatic heterocycles. The SMILES string of the molecule is Cc1cnc(Nc2cc(Cl)c(C)cc2Br)c(N)c1. The van der Waals surface area contributed by atoms with Crippen LogP contribution in [-0.2, 0) is 0 Å². The Kier molecular flexibility index (Phi) is 3.78. The highest BCUT2D eigenvalue weighted by molar-refractivity contribution is 9.10. The van der Waals surface area contributed by atoms with Crippen LogP contribution in [0.4, 0.5) is 17.2 Å². The molecule has 1 heterocycles. The zero-order chi connectivity index (χ0) is 13.3. The van der Waals surface area contributed by atoms with E-state index in [-0.39, 0.29) is 0 Å². The quantitative estimate of drug-likeness (QED) is 0.857. The maximum Gasteiger partial charge on any atom is 0.153 e. The van der Waals surface area contributed by atoms with E-state index in [2.05, 4.69) is 26.2 Å². The number of pyridine rings is 1. The zero-order valence-electron chi connectivity index (χ0n) is 10.1. The molecule has 94 valence electrons. The highest BCUT2D eigenvalue weighted by Gasteiger charge is 2.07. The molecule has 0 unspecified atom stereocenters. The van der Waals surface area contributed by atoms with Gasteiger partial charge in [0.25, 0.3) is 0 Å². The Morgan fingerprint density at radius 2 is 2.00 bits per heavy atom. The van der Waals surface area contributed by atoms with Gasteiger partial charge in [0.05, 0.1) is 11.4 Å². The predicted octanol–water partition coefficient (Wildman–Crippen LogP) is 4.44. The van der Waals surface area contributed by atoms with Gasteiger partial charge in [-0.2, -0.15) is 0 Å². The van der Waals surface area contributed by atoms with Crippen LogP contribution in [0.3, 0.4) is 0 Å². The van der Waals surface area contributed by atoms with E-state index in [9.17, 15) is 0 Å². The van der Waals surface area contributed by atoms with Crippen molar-refractivity contribution < 1.29 is 0 Å². The maximum atomic E-state index is 6.10. The summed E-state index contributed by atoms with van der Waals surface area (Å²) in [7, 11) is 0.